The average Bonchev–Trinajstić information content (AvgIpc) is 3.04. The second kappa shape index (κ2) is 6.14. The molecule has 0 fully saturated rings. The van der Waals surface area contributed by atoms with Crippen LogP contribution in [0.25, 0.3) is 0 Å². The summed E-state index contributed by atoms with van der Waals surface area (Å²) in [6.07, 6.45) is 4.97. The van der Waals surface area contributed by atoms with Crippen LogP contribution in [0.3, 0.4) is 0 Å². The molecule has 3 heterocycles. The van der Waals surface area contributed by atoms with Crippen LogP contribution in [-0.2, 0) is 31.4 Å². The molecule has 0 bridgehead atoms. The van der Waals surface area contributed by atoms with E-state index in [9.17, 15) is 4.79 Å². The molecule has 0 aliphatic carbocycles. The van der Waals surface area contributed by atoms with Gasteiger partial charge in [0.25, 0.3) is 0 Å². The van der Waals surface area contributed by atoms with Crippen LogP contribution >= 0.6 is 0 Å². The number of aromatic nitrogens is 5. The summed E-state index contributed by atoms with van der Waals surface area (Å²) in [6.45, 7) is 1.02. The Morgan fingerprint density at radius 1 is 1.55 bits per heavy atom. The summed E-state index contributed by atoms with van der Waals surface area (Å²) >= 11 is 0. The molecule has 2 N–H and O–H groups in total. The lowest BCUT2D eigenvalue weighted by atomic mass is 10.1. The van der Waals surface area contributed by atoms with Crippen molar-refractivity contribution >= 4 is 11.7 Å². The molecule has 1 unspecified atom stereocenters. The van der Waals surface area contributed by atoms with Crippen LogP contribution < -0.4 is 10.6 Å². The van der Waals surface area contributed by atoms with Crippen LogP contribution in [0.2, 0.25) is 0 Å². The highest BCUT2D eigenvalue weighted by molar-refractivity contribution is 5.89. The van der Waals surface area contributed by atoms with Crippen LogP contribution in [0.1, 0.15) is 18.1 Å². The number of hydrogen-bond donors (Lipinski definition) is 2. The number of carbonyl (C=O) groups is 1. The normalized spacial score (nSPS) is 17.1. The van der Waals surface area contributed by atoms with Crippen LogP contribution in [0.5, 0.6) is 0 Å². The molecule has 1 aliphatic rings. The molecule has 2 amide bonds. The van der Waals surface area contributed by atoms with Gasteiger partial charge in [-0.05, 0) is 6.42 Å². The first-order valence-corrected chi connectivity index (χ1v) is 7.11. The minimum Gasteiger partial charge on any atom is -0.377 e. The lowest BCUT2D eigenvalue weighted by Gasteiger charge is -2.23. The number of nitrogens with zero attached hydrogens (tertiary/aromatic N) is 5. The van der Waals surface area contributed by atoms with Crippen molar-refractivity contribution in [2.75, 3.05) is 12.4 Å². The average molecular weight is 305 g/mol. The van der Waals surface area contributed by atoms with Gasteiger partial charge in [-0.25, -0.2) is 14.5 Å². The Labute approximate surface area is 127 Å². The van der Waals surface area contributed by atoms with Gasteiger partial charge in [0.15, 0.2) is 5.82 Å². The van der Waals surface area contributed by atoms with Gasteiger partial charge in [0.2, 0.25) is 0 Å². The zero-order valence-electron chi connectivity index (χ0n) is 12.6. The summed E-state index contributed by atoms with van der Waals surface area (Å²) in [7, 11) is 3.42. The van der Waals surface area contributed by atoms with Crippen molar-refractivity contribution in [1.82, 2.24) is 29.9 Å². The molecule has 118 valence electrons. The molecule has 0 radical (unpaired) electrons. The summed E-state index contributed by atoms with van der Waals surface area (Å²) in [5, 5.41) is 14.1. The molecule has 0 spiro atoms. The summed E-state index contributed by atoms with van der Waals surface area (Å²) in [5.41, 5.74) is 0.666. The molecular weight excluding hydrogens is 286 g/mol. The van der Waals surface area contributed by atoms with Gasteiger partial charge in [-0.2, -0.15) is 10.2 Å². The third kappa shape index (κ3) is 3.25. The summed E-state index contributed by atoms with van der Waals surface area (Å²) in [6, 6.07) is -0.208. The van der Waals surface area contributed by atoms with E-state index in [1.54, 1.807) is 31.2 Å². The summed E-state index contributed by atoms with van der Waals surface area (Å²) < 4.78 is 8.51. The van der Waals surface area contributed by atoms with Gasteiger partial charge < -0.3 is 15.4 Å². The van der Waals surface area contributed by atoms with E-state index in [0.717, 1.165) is 18.7 Å². The third-order valence-electron chi connectivity index (χ3n) is 3.47. The highest BCUT2D eigenvalue weighted by Crippen LogP contribution is 2.14. The third-order valence-corrected chi connectivity index (χ3v) is 3.47. The molecule has 1 aliphatic heterocycles. The number of anilines is 1. The molecular formula is C13H19N7O2. The van der Waals surface area contributed by atoms with Gasteiger partial charge in [-0.1, -0.05) is 0 Å². The lowest BCUT2D eigenvalue weighted by Crippen LogP contribution is -2.43. The Balaban J connectivity index is 1.56. The quantitative estimate of drug-likeness (QED) is 0.846. The fraction of sp³-hybridized carbons (Fsp3) is 0.538. The molecule has 22 heavy (non-hydrogen) atoms. The van der Waals surface area contributed by atoms with Crippen molar-refractivity contribution < 1.29 is 9.53 Å². The molecule has 0 saturated heterocycles. The van der Waals surface area contributed by atoms with Gasteiger partial charge in [0, 0.05) is 26.8 Å². The molecule has 2 aromatic heterocycles. The predicted octanol–water partition coefficient (Wildman–Crippen LogP) is 0.294. The molecule has 1 atom stereocenters. The van der Waals surface area contributed by atoms with Crippen molar-refractivity contribution in [2.24, 2.45) is 7.05 Å². The highest BCUT2D eigenvalue weighted by Gasteiger charge is 2.23. The first-order chi connectivity index (χ1) is 10.6. The number of methoxy groups -OCH3 is 1. The Morgan fingerprint density at radius 3 is 3.14 bits per heavy atom. The number of rotatable bonds is 4. The number of aryl methyl sites for hydroxylation is 2. The van der Waals surface area contributed by atoms with Crippen molar-refractivity contribution in [1.29, 1.82) is 0 Å². The number of hydrogen-bond acceptors (Lipinski definition) is 5. The number of carbonyl (C=O) groups excluding carboxylic acids is 1. The SMILES string of the molecule is COCc1nc2n(n1)CC(NC(=O)Nc1cnn(C)c1)CC2. The van der Waals surface area contributed by atoms with Crippen LogP contribution in [0.4, 0.5) is 10.5 Å². The fourth-order valence-electron chi connectivity index (χ4n) is 2.51. The number of amides is 2. The summed E-state index contributed by atoms with van der Waals surface area (Å²) in [5.74, 6) is 1.62. The standard InChI is InChI=1S/C13H19N7O2/c1-19-6-10(5-14-19)16-13(21)15-9-3-4-12-17-11(8-22-2)18-20(12)7-9/h5-6,9H,3-4,7-8H2,1-2H3,(H2,15,16,21). The summed E-state index contributed by atoms with van der Waals surface area (Å²) in [4.78, 5) is 16.4. The fourth-order valence-corrected chi connectivity index (χ4v) is 2.51. The molecule has 3 rings (SSSR count). The second-order valence-electron chi connectivity index (χ2n) is 5.30. The van der Waals surface area contributed by atoms with Gasteiger partial charge in [-0.15, -0.1) is 0 Å². The molecule has 9 nitrogen and oxygen atoms in total. The smallest absolute Gasteiger partial charge is 0.319 e. The van der Waals surface area contributed by atoms with Crippen molar-refractivity contribution in [3.8, 4) is 0 Å². The maximum atomic E-state index is 12.0. The van der Waals surface area contributed by atoms with E-state index in [2.05, 4.69) is 25.8 Å². The van der Waals surface area contributed by atoms with Crippen LogP contribution in [0, 0.1) is 0 Å². The van der Waals surface area contributed by atoms with Crippen LogP contribution in [-0.4, -0.2) is 43.7 Å². The van der Waals surface area contributed by atoms with E-state index in [4.69, 9.17) is 4.74 Å². The molecule has 0 saturated carbocycles. The van der Waals surface area contributed by atoms with Gasteiger partial charge in [0.05, 0.1) is 24.5 Å². The number of ether oxygens (including phenoxy) is 1. The number of urea groups is 1. The molecule has 0 aromatic carbocycles. The van der Waals surface area contributed by atoms with Crippen molar-refractivity contribution in [2.45, 2.75) is 32.0 Å². The van der Waals surface area contributed by atoms with Gasteiger partial charge in [-0.3, -0.25) is 4.68 Å². The number of fused-ring (bicyclic) bond motifs is 1. The van der Waals surface area contributed by atoms with E-state index in [0.29, 0.717) is 24.7 Å². The van der Waals surface area contributed by atoms with E-state index in [1.165, 1.54) is 0 Å². The van der Waals surface area contributed by atoms with E-state index >= 15 is 0 Å². The minimum absolute atomic E-state index is 0.0290. The number of nitrogens with one attached hydrogen (secondary N) is 2. The Bertz CT molecular complexity index is 663. The van der Waals surface area contributed by atoms with E-state index < -0.39 is 0 Å². The maximum Gasteiger partial charge on any atom is 0.319 e. The predicted molar refractivity (Wildman–Crippen MR) is 78.2 cm³/mol. The van der Waals surface area contributed by atoms with Gasteiger partial charge in [0.1, 0.15) is 12.4 Å². The molecule has 9 heteroatoms. The highest BCUT2D eigenvalue weighted by atomic mass is 16.5. The maximum absolute atomic E-state index is 12.0. The topological polar surface area (TPSA) is 98.9 Å². The largest absolute Gasteiger partial charge is 0.377 e. The zero-order chi connectivity index (χ0) is 15.5. The molecule has 2 aromatic rings. The first-order valence-electron chi connectivity index (χ1n) is 7.11. The first kappa shape index (κ1) is 14.5. The Hall–Kier alpha value is -2.42. The Morgan fingerprint density at radius 2 is 2.41 bits per heavy atom. The van der Waals surface area contributed by atoms with E-state index in [-0.39, 0.29) is 12.1 Å². The minimum atomic E-state index is -0.237. The monoisotopic (exact) mass is 305 g/mol. The van der Waals surface area contributed by atoms with Crippen molar-refractivity contribution in [3.05, 3.63) is 24.0 Å². The lowest BCUT2D eigenvalue weighted by molar-refractivity contribution is 0.177. The van der Waals surface area contributed by atoms with Crippen LogP contribution in [0.15, 0.2) is 12.4 Å². The second-order valence-corrected chi connectivity index (χ2v) is 5.30. The zero-order valence-corrected chi connectivity index (χ0v) is 12.6. The Kier molecular flexibility index (Phi) is 4.05. The van der Waals surface area contributed by atoms with E-state index in [1.807, 2.05) is 4.68 Å². The van der Waals surface area contributed by atoms with Crippen molar-refractivity contribution in [3.63, 3.8) is 0 Å². The van der Waals surface area contributed by atoms with Gasteiger partial charge >= 0.3 is 6.03 Å².